The molecule has 6 nitrogen and oxygen atoms in total. The highest BCUT2D eigenvalue weighted by molar-refractivity contribution is 14.0. The van der Waals surface area contributed by atoms with Gasteiger partial charge in [-0.25, -0.2) is 9.67 Å². The molecule has 0 aliphatic carbocycles. The van der Waals surface area contributed by atoms with Gasteiger partial charge in [-0.1, -0.05) is 62.4 Å². The highest BCUT2D eigenvalue weighted by atomic mass is 127. The minimum Gasteiger partial charge on any atom is -0.354 e. The SMILES string of the molecule is CN=C(NCc1ccccc1-c1ccc(Cn2cncn2)cc1)NC(C)C(C)C.I. The van der Waals surface area contributed by atoms with Crippen molar-refractivity contribution in [3.8, 4) is 11.1 Å². The highest BCUT2D eigenvalue weighted by Gasteiger charge is 2.10. The lowest BCUT2D eigenvalue weighted by Gasteiger charge is -2.21. The van der Waals surface area contributed by atoms with Crippen molar-refractivity contribution < 1.29 is 0 Å². The third-order valence-corrected chi connectivity index (χ3v) is 5.13. The Bertz CT molecular complexity index is 919. The molecule has 1 aromatic heterocycles. The molecule has 1 unspecified atom stereocenters. The molecule has 1 atom stereocenters. The summed E-state index contributed by atoms with van der Waals surface area (Å²) < 4.78 is 1.82. The summed E-state index contributed by atoms with van der Waals surface area (Å²) in [6.07, 6.45) is 3.29. The van der Waals surface area contributed by atoms with Gasteiger partial charge in [0.2, 0.25) is 0 Å². The van der Waals surface area contributed by atoms with Gasteiger partial charge in [0.25, 0.3) is 0 Å². The molecule has 2 N–H and O–H groups in total. The lowest BCUT2D eigenvalue weighted by Crippen LogP contribution is -2.43. The van der Waals surface area contributed by atoms with E-state index in [9.17, 15) is 0 Å². The lowest BCUT2D eigenvalue weighted by atomic mass is 9.98. The fourth-order valence-electron chi connectivity index (χ4n) is 3.00. The number of aromatic nitrogens is 3. The minimum atomic E-state index is 0. The van der Waals surface area contributed by atoms with Gasteiger partial charge < -0.3 is 10.6 Å². The van der Waals surface area contributed by atoms with Gasteiger partial charge >= 0.3 is 0 Å². The fourth-order valence-corrected chi connectivity index (χ4v) is 3.00. The second-order valence-electron chi connectivity index (χ2n) is 7.55. The number of aliphatic imine (C=N–C) groups is 1. The zero-order chi connectivity index (χ0) is 20.6. The maximum atomic E-state index is 4.36. The average molecular weight is 518 g/mol. The van der Waals surface area contributed by atoms with Crippen molar-refractivity contribution in [2.45, 2.75) is 39.9 Å². The van der Waals surface area contributed by atoms with Crippen molar-refractivity contribution in [1.82, 2.24) is 25.4 Å². The summed E-state index contributed by atoms with van der Waals surface area (Å²) in [4.78, 5) is 8.35. The van der Waals surface area contributed by atoms with Crippen molar-refractivity contribution in [1.29, 1.82) is 0 Å². The topological polar surface area (TPSA) is 67.1 Å². The standard InChI is InChI=1S/C23H30N6.HI/c1-17(2)18(3)28-23(24-4)26-13-21-7-5-6-8-22(21)20-11-9-19(10-12-20)14-29-16-25-15-27-29;/h5-12,15-18H,13-14H2,1-4H3,(H2,24,26,28);1H. The number of rotatable bonds is 7. The molecule has 0 saturated heterocycles. The first kappa shape index (κ1) is 23.9. The van der Waals surface area contributed by atoms with Gasteiger partial charge in [0.1, 0.15) is 12.7 Å². The number of hydrogen-bond acceptors (Lipinski definition) is 3. The zero-order valence-corrected chi connectivity index (χ0v) is 20.4. The predicted octanol–water partition coefficient (Wildman–Crippen LogP) is 4.32. The van der Waals surface area contributed by atoms with Gasteiger partial charge in [-0.15, -0.1) is 24.0 Å². The minimum absolute atomic E-state index is 0. The maximum Gasteiger partial charge on any atom is 0.191 e. The van der Waals surface area contributed by atoms with Crippen LogP contribution in [0.5, 0.6) is 0 Å². The molecule has 0 fully saturated rings. The van der Waals surface area contributed by atoms with E-state index in [2.05, 4.69) is 95.0 Å². The van der Waals surface area contributed by atoms with Crippen LogP contribution in [0.1, 0.15) is 31.9 Å². The van der Waals surface area contributed by atoms with Crippen LogP contribution in [-0.2, 0) is 13.1 Å². The number of nitrogens with one attached hydrogen (secondary N) is 2. The van der Waals surface area contributed by atoms with Gasteiger partial charge in [-0.3, -0.25) is 4.99 Å². The Kier molecular flexibility index (Phi) is 9.29. The van der Waals surface area contributed by atoms with Gasteiger partial charge in [0.15, 0.2) is 5.96 Å². The Hall–Kier alpha value is -2.42. The van der Waals surface area contributed by atoms with Crippen LogP contribution >= 0.6 is 24.0 Å². The molecule has 0 bridgehead atoms. The van der Waals surface area contributed by atoms with Crippen molar-refractivity contribution in [2.75, 3.05) is 7.05 Å². The summed E-state index contributed by atoms with van der Waals surface area (Å²) in [6.45, 7) is 8.01. The number of hydrogen-bond donors (Lipinski definition) is 2. The lowest BCUT2D eigenvalue weighted by molar-refractivity contribution is 0.481. The van der Waals surface area contributed by atoms with E-state index in [1.165, 1.54) is 22.3 Å². The summed E-state index contributed by atoms with van der Waals surface area (Å²) in [5.74, 6) is 1.36. The van der Waals surface area contributed by atoms with Crippen LogP contribution < -0.4 is 10.6 Å². The smallest absolute Gasteiger partial charge is 0.191 e. The summed E-state index contributed by atoms with van der Waals surface area (Å²) >= 11 is 0. The van der Waals surface area contributed by atoms with Gasteiger partial charge in [-0.05, 0) is 35.1 Å². The second kappa shape index (κ2) is 11.7. The average Bonchev–Trinajstić information content (AvgIpc) is 3.24. The van der Waals surface area contributed by atoms with E-state index >= 15 is 0 Å². The third-order valence-electron chi connectivity index (χ3n) is 5.13. The van der Waals surface area contributed by atoms with E-state index in [0.29, 0.717) is 18.5 Å². The first-order chi connectivity index (χ1) is 14.1. The van der Waals surface area contributed by atoms with Crippen molar-refractivity contribution in [2.24, 2.45) is 10.9 Å². The molecule has 0 aliphatic heterocycles. The van der Waals surface area contributed by atoms with E-state index in [1.54, 1.807) is 12.7 Å². The molecule has 7 heteroatoms. The fraction of sp³-hybridized carbons (Fsp3) is 0.348. The summed E-state index contributed by atoms with van der Waals surface area (Å²) in [5.41, 5.74) is 4.85. The molecule has 160 valence electrons. The molecule has 1 heterocycles. The molecular weight excluding hydrogens is 487 g/mol. The van der Waals surface area contributed by atoms with Crippen LogP contribution in [0.25, 0.3) is 11.1 Å². The largest absolute Gasteiger partial charge is 0.354 e. The van der Waals surface area contributed by atoms with Gasteiger partial charge in [0.05, 0.1) is 6.54 Å². The second-order valence-corrected chi connectivity index (χ2v) is 7.55. The summed E-state index contributed by atoms with van der Waals surface area (Å²) in [7, 11) is 1.81. The first-order valence-electron chi connectivity index (χ1n) is 10.0. The van der Waals surface area contributed by atoms with Gasteiger partial charge in [-0.2, -0.15) is 5.10 Å². The zero-order valence-electron chi connectivity index (χ0n) is 18.0. The molecule has 3 aromatic rings. The van der Waals surface area contributed by atoms with Crippen LogP contribution in [0.2, 0.25) is 0 Å². The molecule has 0 radical (unpaired) electrons. The number of halogens is 1. The van der Waals surface area contributed by atoms with Crippen molar-refractivity contribution >= 4 is 29.9 Å². The number of benzene rings is 2. The quantitative estimate of drug-likeness (QED) is 0.278. The molecule has 3 rings (SSSR count). The van der Waals surface area contributed by atoms with Crippen molar-refractivity contribution in [3.05, 3.63) is 72.3 Å². The van der Waals surface area contributed by atoms with E-state index in [1.807, 2.05) is 11.7 Å². The van der Waals surface area contributed by atoms with Crippen LogP contribution in [0.15, 0.2) is 66.2 Å². The van der Waals surface area contributed by atoms with Crippen LogP contribution in [0, 0.1) is 5.92 Å². The van der Waals surface area contributed by atoms with E-state index in [-0.39, 0.29) is 24.0 Å². The summed E-state index contributed by atoms with van der Waals surface area (Å²) in [5, 5.41) is 11.1. The molecule has 0 amide bonds. The summed E-state index contributed by atoms with van der Waals surface area (Å²) in [6, 6.07) is 17.5. The number of guanidine groups is 1. The molecule has 0 spiro atoms. The van der Waals surface area contributed by atoms with Crippen molar-refractivity contribution in [3.63, 3.8) is 0 Å². The third kappa shape index (κ3) is 6.55. The van der Waals surface area contributed by atoms with E-state index in [0.717, 1.165) is 12.5 Å². The van der Waals surface area contributed by atoms with Crippen LogP contribution in [0.3, 0.4) is 0 Å². The molecular formula is C23H31IN6. The Morgan fingerprint density at radius 2 is 1.80 bits per heavy atom. The van der Waals surface area contributed by atoms with Gasteiger partial charge in [0, 0.05) is 19.6 Å². The Morgan fingerprint density at radius 1 is 1.07 bits per heavy atom. The number of nitrogens with zero attached hydrogens (tertiary/aromatic N) is 4. The monoisotopic (exact) mass is 518 g/mol. The first-order valence-corrected chi connectivity index (χ1v) is 10.0. The van der Waals surface area contributed by atoms with Crippen LogP contribution in [0.4, 0.5) is 0 Å². The Labute approximate surface area is 196 Å². The highest BCUT2D eigenvalue weighted by Crippen LogP contribution is 2.24. The molecule has 2 aromatic carbocycles. The maximum absolute atomic E-state index is 4.36. The van der Waals surface area contributed by atoms with E-state index in [4.69, 9.17) is 0 Å². The molecule has 30 heavy (non-hydrogen) atoms. The predicted molar refractivity (Wildman–Crippen MR) is 134 cm³/mol. The van der Waals surface area contributed by atoms with Crippen LogP contribution in [-0.4, -0.2) is 33.8 Å². The normalized spacial score (nSPS) is 12.4. The molecule has 0 aliphatic rings. The molecule has 0 saturated carbocycles. The Balaban J connectivity index is 0.00000320. The Morgan fingerprint density at radius 3 is 2.43 bits per heavy atom. The van der Waals surface area contributed by atoms with E-state index < -0.39 is 0 Å².